The van der Waals surface area contributed by atoms with Crippen molar-refractivity contribution in [3.63, 3.8) is 0 Å². The van der Waals surface area contributed by atoms with Crippen molar-refractivity contribution in [1.82, 2.24) is 0 Å². The Bertz CT molecular complexity index is 1120. The van der Waals surface area contributed by atoms with Crippen LogP contribution < -0.4 is 0 Å². The van der Waals surface area contributed by atoms with Crippen LogP contribution >= 0.6 is 0 Å². The quantitative estimate of drug-likeness (QED) is 0.172. The summed E-state index contributed by atoms with van der Waals surface area (Å²) in [7, 11) is -1.97. The van der Waals surface area contributed by atoms with Gasteiger partial charge in [0.15, 0.2) is 0 Å². The predicted molar refractivity (Wildman–Crippen MR) is 167 cm³/mol. The van der Waals surface area contributed by atoms with Gasteiger partial charge in [-0.1, -0.05) is 170 Å². The lowest BCUT2D eigenvalue weighted by atomic mass is 10.1. The first kappa shape index (κ1) is 26.1. The summed E-state index contributed by atoms with van der Waals surface area (Å²) in [5.74, 6) is 0. The van der Waals surface area contributed by atoms with E-state index in [9.17, 15) is 0 Å². The number of benzene rings is 4. The summed E-state index contributed by atoms with van der Waals surface area (Å²) in [5, 5.41) is 0. The van der Waals surface area contributed by atoms with Crippen molar-refractivity contribution in [3.8, 4) is 0 Å². The van der Waals surface area contributed by atoms with Crippen molar-refractivity contribution in [2.45, 2.75) is 24.2 Å². The van der Waals surface area contributed by atoms with Gasteiger partial charge in [0.2, 0.25) is 0 Å². The molecule has 0 radical (unpaired) electrons. The van der Waals surface area contributed by atoms with Gasteiger partial charge in [0.1, 0.15) is 0 Å². The second-order valence-corrected chi connectivity index (χ2v) is 14.4. The van der Waals surface area contributed by atoms with E-state index < -0.39 is 8.07 Å². The van der Waals surface area contributed by atoms with Crippen LogP contribution in [-0.4, -0.2) is 8.07 Å². The largest absolute Gasteiger partial charge is 0.0985 e. The summed E-state index contributed by atoms with van der Waals surface area (Å²) in [6.45, 7) is 15.7. The lowest BCUT2D eigenvalue weighted by Gasteiger charge is -2.33. The van der Waals surface area contributed by atoms with E-state index in [2.05, 4.69) is 123 Å². The molecule has 0 spiro atoms. The fourth-order valence-corrected chi connectivity index (χ4v) is 10.4. The third-order valence-electron chi connectivity index (χ3n) is 7.18. The second-order valence-electron chi connectivity index (χ2n) is 9.99. The third kappa shape index (κ3) is 7.06. The van der Waals surface area contributed by atoms with Gasteiger partial charge in [-0.25, -0.2) is 0 Å². The van der Waals surface area contributed by atoms with Gasteiger partial charge in [0.05, 0.1) is 8.07 Å². The van der Waals surface area contributed by atoms with E-state index >= 15 is 0 Å². The van der Waals surface area contributed by atoms with Gasteiger partial charge in [-0.05, 0) is 46.4 Å². The highest BCUT2D eigenvalue weighted by Gasteiger charge is 2.34. The first-order chi connectivity index (χ1) is 18.0. The van der Waals surface area contributed by atoms with Crippen LogP contribution in [0, 0.1) is 0 Å². The fourth-order valence-electron chi connectivity index (χ4n) is 5.19. The molecule has 4 aromatic rings. The minimum atomic E-state index is -1.97. The molecular weight excluding hydrogens is 460 g/mol. The highest BCUT2D eigenvalue weighted by Crippen LogP contribution is 2.28. The van der Waals surface area contributed by atoms with Gasteiger partial charge in [0, 0.05) is 0 Å². The summed E-state index contributed by atoms with van der Waals surface area (Å²) in [5.41, 5.74) is 10.3. The molecular formula is C36H36Si. The Kier molecular flexibility index (Phi) is 8.71. The predicted octanol–water partition coefficient (Wildman–Crippen LogP) is 9.13. The van der Waals surface area contributed by atoms with Crippen LogP contribution in [0.4, 0.5) is 0 Å². The third-order valence-corrected chi connectivity index (χ3v) is 11.8. The molecule has 0 unspecified atom stereocenters. The number of hydrogen-bond acceptors (Lipinski definition) is 0. The minimum absolute atomic E-state index is 1.11. The summed E-state index contributed by atoms with van der Waals surface area (Å²) in [4.78, 5) is 0. The molecule has 184 valence electrons. The van der Waals surface area contributed by atoms with Crippen LogP contribution in [0.25, 0.3) is 24.3 Å². The van der Waals surface area contributed by atoms with E-state index in [-0.39, 0.29) is 0 Å². The molecule has 0 aliphatic heterocycles. The lowest BCUT2D eigenvalue weighted by Crippen LogP contribution is -2.46. The minimum Gasteiger partial charge on any atom is -0.0985 e. The SMILES string of the molecule is C=Cc1ccc(C[Si](Cc2ccc(C=C)cc2)(Cc2ccc(C=C)cc2)Cc2ccc(C=C)cc2)cc1. The first-order valence-corrected chi connectivity index (χ1v) is 15.7. The lowest BCUT2D eigenvalue weighted by molar-refractivity contribution is 1.06. The molecule has 4 aromatic carbocycles. The maximum Gasteiger partial charge on any atom is 0.0710 e. The zero-order valence-electron chi connectivity index (χ0n) is 21.7. The normalized spacial score (nSPS) is 11.0. The molecule has 0 aliphatic rings. The molecule has 0 aromatic heterocycles. The highest BCUT2D eigenvalue weighted by molar-refractivity contribution is 6.77. The van der Waals surface area contributed by atoms with Gasteiger partial charge >= 0.3 is 0 Å². The molecule has 0 amide bonds. The Morgan fingerprint density at radius 1 is 0.351 bits per heavy atom. The molecule has 0 saturated carbocycles. The second kappa shape index (κ2) is 12.3. The van der Waals surface area contributed by atoms with E-state index in [1.807, 2.05) is 24.3 Å². The summed E-state index contributed by atoms with van der Waals surface area (Å²) >= 11 is 0. The standard InChI is InChI=1S/C36H36Si/c1-5-29-9-17-33(18-10-29)25-37(26-34-19-11-30(6-2)12-20-34,27-35-21-13-31(7-3)14-22-35)28-36-23-15-32(8-4)16-24-36/h5-24H,1-4,25-28H2. The van der Waals surface area contributed by atoms with E-state index in [1.54, 1.807) is 0 Å². The summed E-state index contributed by atoms with van der Waals surface area (Å²) in [6.07, 6.45) is 7.66. The molecule has 37 heavy (non-hydrogen) atoms. The molecule has 0 atom stereocenters. The maximum atomic E-state index is 3.93. The Morgan fingerprint density at radius 3 is 0.703 bits per heavy atom. The molecule has 0 N–H and O–H groups in total. The average Bonchev–Trinajstić information content (AvgIpc) is 2.94. The zero-order valence-corrected chi connectivity index (χ0v) is 22.7. The molecule has 0 fully saturated rings. The van der Waals surface area contributed by atoms with Crippen LogP contribution in [-0.2, 0) is 24.2 Å². The Morgan fingerprint density at radius 2 is 0.541 bits per heavy atom. The van der Waals surface area contributed by atoms with Crippen molar-refractivity contribution < 1.29 is 0 Å². The molecule has 0 heterocycles. The number of rotatable bonds is 12. The van der Waals surface area contributed by atoms with Crippen molar-refractivity contribution >= 4 is 32.4 Å². The molecule has 0 aliphatic carbocycles. The van der Waals surface area contributed by atoms with E-state index in [0.717, 1.165) is 46.4 Å². The molecule has 0 saturated heterocycles. The average molecular weight is 497 g/mol. The monoisotopic (exact) mass is 496 g/mol. The molecule has 4 rings (SSSR count). The summed E-state index contributed by atoms with van der Waals surface area (Å²) in [6, 6.07) is 40.3. The molecule has 0 bridgehead atoms. The van der Waals surface area contributed by atoms with E-state index in [1.165, 1.54) is 22.3 Å². The topological polar surface area (TPSA) is 0 Å². The van der Waals surface area contributed by atoms with E-state index in [0.29, 0.717) is 0 Å². The van der Waals surface area contributed by atoms with Crippen molar-refractivity contribution in [1.29, 1.82) is 0 Å². The fraction of sp³-hybridized carbons (Fsp3) is 0.111. The zero-order chi connectivity index (χ0) is 26.1. The van der Waals surface area contributed by atoms with E-state index in [4.69, 9.17) is 0 Å². The Labute approximate surface area is 224 Å². The van der Waals surface area contributed by atoms with Crippen LogP contribution in [0.3, 0.4) is 0 Å². The first-order valence-electron chi connectivity index (χ1n) is 12.9. The molecule has 0 nitrogen and oxygen atoms in total. The van der Waals surface area contributed by atoms with Gasteiger partial charge in [-0.2, -0.15) is 0 Å². The molecule has 1 heteroatoms. The van der Waals surface area contributed by atoms with Crippen LogP contribution in [0.1, 0.15) is 44.5 Å². The Balaban J connectivity index is 1.78. The van der Waals surface area contributed by atoms with Crippen LogP contribution in [0.5, 0.6) is 0 Å². The Hall–Kier alpha value is -3.94. The van der Waals surface area contributed by atoms with Crippen LogP contribution in [0.2, 0.25) is 0 Å². The van der Waals surface area contributed by atoms with Crippen LogP contribution in [0.15, 0.2) is 123 Å². The maximum absolute atomic E-state index is 3.93. The van der Waals surface area contributed by atoms with Crippen molar-refractivity contribution in [2.75, 3.05) is 0 Å². The van der Waals surface area contributed by atoms with Gasteiger partial charge < -0.3 is 0 Å². The van der Waals surface area contributed by atoms with Crippen molar-refractivity contribution in [2.24, 2.45) is 0 Å². The van der Waals surface area contributed by atoms with Gasteiger partial charge in [-0.15, -0.1) is 0 Å². The number of hydrogen-bond donors (Lipinski definition) is 0. The van der Waals surface area contributed by atoms with Crippen molar-refractivity contribution in [3.05, 3.63) is 168 Å². The van der Waals surface area contributed by atoms with Gasteiger partial charge in [0.25, 0.3) is 0 Å². The highest BCUT2D eigenvalue weighted by atomic mass is 28.3. The summed E-state index contributed by atoms with van der Waals surface area (Å²) < 4.78 is 0. The smallest absolute Gasteiger partial charge is 0.0710 e. The van der Waals surface area contributed by atoms with Gasteiger partial charge in [-0.3, -0.25) is 0 Å².